The Morgan fingerprint density at radius 1 is 1.48 bits per heavy atom. The number of carbonyl (C=O) groups is 2. The van der Waals surface area contributed by atoms with Crippen molar-refractivity contribution in [2.75, 3.05) is 25.0 Å². The van der Waals surface area contributed by atoms with Crippen molar-refractivity contribution in [1.29, 1.82) is 0 Å². The first kappa shape index (κ1) is 15.4. The normalized spacial score (nSPS) is 18.9. The number of rotatable bonds is 4. The standard InChI is InChI=1S/C14H18N4O2S/c1-9-14(20)16-6-7-18(9)8-12(19)17-11-4-2-10(3-5-11)13(15)21/h2-5,9H,6-8H2,1H3,(H2,15,21)(H,16,20)(H,17,19). The Morgan fingerprint density at radius 3 is 2.76 bits per heavy atom. The summed E-state index contributed by atoms with van der Waals surface area (Å²) in [7, 11) is 0. The first-order chi connectivity index (χ1) is 9.97. The summed E-state index contributed by atoms with van der Waals surface area (Å²) in [4.78, 5) is 25.7. The van der Waals surface area contributed by atoms with E-state index in [9.17, 15) is 9.59 Å². The third kappa shape index (κ3) is 3.99. The average molecular weight is 306 g/mol. The molecule has 1 aromatic carbocycles. The number of hydrogen-bond donors (Lipinski definition) is 3. The Bertz CT molecular complexity index is 559. The molecule has 1 saturated heterocycles. The monoisotopic (exact) mass is 306 g/mol. The van der Waals surface area contributed by atoms with Crippen molar-refractivity contribution in [3.63, 3.8) is 0 Å². The van der Waals surface area contributed by atoms with Gasteiger partial charge in [0.05, 0.1) is 12.6 Å². The third-order valence-electron chi connectivity index (χ3n) is 3.43. The molecule has 0 aliphatic carbocycles. The molecule has 2 amide bonds. The molecule has 1 aliphatic rings. The molecule has 0 bridgehead atoms. The van der Waals surface area contributed by atoms with Gasteiger partial charge in [-0.3, -0.25) is 14.5 Å². The number of carbonyl (C=O) groups excluding carboxylic acids is 2. The highest BCUT2D eigenvalue weighted by Crippen LogP contribution is 2.10. The molecule has 1 atom stereocenters. The van der Waals surface area contributed by atoms with Crippen molar-refractivity contribution in [1.82, 2.24) is 10.2 Å². The smallest absolute Gasteiger partial charge is 0.238 e. The van der Waals surface area contributed by atoms with Gasteiger partial charge >= 0.3 is 0 Å². The highest BCUT2D eigenvalue weighted by molar-refractivity contribution is 7.80. The van der Waals surface area contributed by atoms with Crippen molar-refractivity contribution in [2.45, 2.75) is 13.0 Å². The summed E-state index contributed by atoms with van der Waals surface area (Å²) in [5.74, 6) is -0.200. The second-order valence-electron chi connectivity index (χ2n) is 4.93. The molecule has 1 unspecified atom stereocenters. The lowest BCUT2D eigenvalue weighted by molar-refractivity contribution is -0.129. The lowest BCUT2D eigenvalue weighted by Crippen LogP contribution is -2.55. The number of nitrogens with one attached hydrogen (secondary N) is 2. The van der Waals surface area contributed by atoms with Crippen LogP contribution in [0.2, 0.25) is 0 Å². The van der Waals surface area contributed by atoms with Crippen LogP contribution in [0.3, 0.4) is 0 Å². The predicted octanol–water partition coefficient (Wildman–Crippen LogP) is 0.0796. The van der Waals surface area contributed by atoms with E-state index in [1.54, 1.807) is 31.2 Å². The van der Waals surface area contributed by atoms with Gasteiger partial charge in [-0.05, 0) is 31.2 Å². The highest BCUT2D eigenvalue weighted by Gasteiger charge is 2.26. The van der Waals surface area contributed by atoms with Crippen LogP contribution in [0.4, 0.5) is 5.69 Å². The molecule has 1 fully saturated rings. The van der Waals surface area contributed by atoms with Gasteiger partial charge in [-0.2, -0.15) is 0 Å². The van der Waals surface area contributed by atoms with Crippen LogP contribution in [-0.4, -0.2) is 47.4 Å². The van der Waals surface area contributed by atoms with E-state index in [2.05, 4.69) is 10.6 Å². The second-order valence-corrected chi connectivity index (χ2v) is 5.37. The highest BCUT2D eigenvalue weighted by atomic mass is 32.1. The maximum Gasteiger partial charge on any atom is 0.238 e. The van der Waals surface area contributed by atoms with E-state index in [0.717, 1.165) is 5.56 Å². The van der Waals surface area contributed by atoms with Crippen LogP contribution in [0, 0.1) is 0 Å². The van der Waals surface area contributed by atoms with Crippen molar-refractivity contribution < 1.29 is 9.59 Å². The van der Waals surface area contributed by atoms with E-state index in [-0.39, 0.29) is 24.4 Å². The van der Waals surface area contributed by atoms with E-state index < -0.39 is 0 Å². The first-order valence-electron chi connectivity index (χ1n) is 6.69. The summed E-state index contributed by atoms with van der Waals surface area (Å²) in [5, 5.41) is 5.56. The number of hydrogen-bond acceptors (Lipinski definition) is 4. The summed E-state index contributed by atoms with van der Waals surface area (Å²) < 4.78 is 0. The van der Waals surface area contributed by atoms with E-state index in [1.807, 2.05) is 4.90 Å². The van der Waals surface area contributed by atoms with Crippen LogP contribution in [0.5, 0.6) is 0 Å². The van der Waals surface area contributed by atoms with Crippen LogP contribution in [0.1, 0.15) is 12.5 Å². The van der Waals surface area contributed by atoms with Gasteiger partial charge in [0.2, 0.25) is 11.8 Å². The fourth-order valence-electron chi connectivity index (χ4n) is 2.15. The molecule has 1 aliphatic heterocycles. The minimum absolute atomic E-state index is 0.0464. The number of benzene rings is 1. The Labute approximate surface area is 128 Å². The molecule has 0 aromatic heterocycles. The van der Waals surface area contributed by atoms with Crippen LogP contribution < -0.4 is 16.4 Å². The molecule has 6 nitrogen and oxygen atoms in total. The second kappa shape index (κ2) is 6.64. The maximum absolute atomic E-state index is 12.0. The van der Waals surface area contributed by atoms with E-state index >= 15 is 0 Å². The molecule has 1 heterocycles. The summed E-state index contributed by atoms with van der Waals surface area (Å²) >= 11 is 4.87. The van der Waals surface area contributed by atoms with Crippen LogP contribution in [-0.2, 0) is 9.59 Å². The molecule has 21 heavy (non-hydrogen) atoms. The molecule has 0 saturated carbocycles. The summed E-state index contributed by atoms with van der Waals surface area (Å²) in [6.07, 6.45) is 0. The van der Waals surface area contributed by atoms with Gasteiger partial charge in [0.15, 0.2) is 0 Å². The fourth-order valence-corrected chi connectivity index (χ4v) is 2.28. The molecular formula is C14H18N4O2S. The zero-order valence-electron chi connectivity index (χ0n) is 11.8. The van der Waals surface area contributed by atoms with Crippen LogP contribution in [0.25, 0.3) is 0 Å². The van der Waals surface area contributed by atoms with Crippen LogP contribution in [0.15, 0.2) is 24.3 Å². The zero-order chi connectivity index (χ0) is 15.4. The SMILES string of the molecule is CC1C(=O)NCCN1CC(=O)Nc1ccc(C(N)=S)cc1. The molecule has 2 rings (SSSR count). The Morgan fingerprint density at radius 2 is 2.14 bits per heavy atom. The summed E-state index contributed by atoms with van der Waals surface area (Å²) in [6.45, 7) is 3.21. The van der Waals surface area contributed by atoms with E-state index in [1.165, 1.54) is 0 Å². The van der Waals surface area contributed by atoms with Gasteiger partial charge in [0, 0.05) is 24.3 Å². The molecule has 112 valence electrons. The molecule has 1 aromatic rings. The quantitative estimate of drug-likeness (QED) is 0.686. The number of anilines is 1. The van der Waals surface area contributed by atoms with Crippen molar-refractivity contribution in [2.24, 2.45) is 5.73 Å². The molecule has 0 radical (unpaired) electrons. The number of thiocarbonyl (C=S) groups is 1. The number of nitrogens with two attached hydrogens (primary N) is 1. The number of piperazine rings is 1. The first-order valence-corrected chi connectivity index (χ1v) is 7.09. The largest absolute Gasteiger partial charge is 0.389 e. The Balaban J connectivity index is 1.92. The van der Waals surface area contributed by atoms with Gasteiger partial charge in [-0.15, -0.1) is 0 Å². The lowest BCUT2D eigenvalue weighted by Gasteiger charge is -2.31. The van der Waals surface area contributed by atoms with E-state index in [4.69, 9.17) is 18.0 Å². The van der Waals surface area contributed by atoms with Gasteiger partial charge in [-0.1, -0.05) is 12.2 Å². The molecule has 7 heteroatoms. The van der Waals surface area contributed by atoms with Crippen molar-refractivity contribution in [3.05, 3.63) is 29.8 Å². The van der Waals surface area contributed by atoms with E-state index in [0.29, 0.717) is 23.8 Å². The Kier molecular flexibility index (Phi) is 4.87. The summed E-state index contributed by atoms with van der Waals surface area (Å²) in [5.41, 5.74) is 6.95. The minimum Gasteiger partial charge on any atom is -0.389 e. The van der Waals surface area contributed by atoms with Gasteiger partial charge in [0.1, 0.15) is 4.99 Å². The number of amides is 2. The summed E-state index contributed by atoms with van der Waals surface area (Å²) in [6, 6.07) is 6.72. The van der Waals surface area contributed by atoms with Crippen molar-refractivity contribution >= 4 is 34.7 Å². The van der Waals surface area contributed by atoms with Gasteiger partial charge in [-0.25, -0.2) is 0 Å². The maximum atomic E-state index is 12.0. The molecule has 4 N–H and O–H groups in total. The average Bonchev–Trinajstić information content (AvgIpc) is 2.44. The number of nitrogens with zero attached hydrogens (tertiary/aromatic N) is 1. The topological polar surface area (TPSA) is 87.5 Å². The fraction of sp³-hybridized carbons (Fsp3) is 0.357. The Hall–Kier alpha value is -1.99. The third-order valence-corrected chi connectivity index (χ3v) is 3.66. The van der Waals surface area contributed by atoms with Gasteiger partial charge in [0.25, 0.3) is 0 Å². The zero-order valence-corrected chi connectivity index (χ0v) is 12.6. The van der Waals surface area contributed by atoms with Crippen LogP contribution >= 0.6 is 12.2 Å². The van der Waals surface area contributed by atoms with Crippen molar-refractivity contribution in [3.8, 4) is 0 Å². The lowest BCUT2D eigenvalue weighted by atomic mass is 10.2. The van der Waals surface area contributed by atoms with Gasteiger partial charge < -0.3 is 16.4 Å². The molecular weight excluding hydrogens is 288 g/mol. The minimum atomic E-state index is -0.290. The predicted molar refractivity (Wildman–Crippen MR) is 85.0 cm³/mol. The molecule has 0 spiro atoms.